The van der Waals surface area contributed by atoms with Gasteiger partial charge in [-0.2, -0.15) is 18.3 Å². The van der Waals surface area contributed by atoms with E-state index in [0.717, 1.165) is 0 Å². The van der Waals surface area contributed by atoms with Crippen molar-refractivity contribution in [1.82, 2.24) is 19.6 Å². The Bertz CT molecular complexity index is 505. The van der Waals surface area contributed by atoms with Crippen molar-refractivity contribution in [2.24, 2.45) is 0 Å². The number of anilines is 1. The third-order valence-corrected chi connectivity index (χ3v) is 3.43. The summed E-state index contributed by atoms with van der Waals surface area (Å²) in [4.78, 5) is 15.2. The van der Waals surface area contributed by atoms with Crippen LogP contribution < -0.4 is 5.73 Å². The Morgan fingerprint density at radius 3 is 2.48 bits per heavy atom. The number of piperazine rings is 1. The van der Waals surface area contributed by atoms with Gasteiger partial charge in [0.2, 0.25) is 0 Å². The molecule has 2 rings (SSSR count). The van der Waals surface area contributed by atoms with E-state index < -0.39 is 12.7 Å². The Morgan fingerprint density at radius 1 is 1.33 bits per heavy atom. The molecule has 0 unspecified atom stereocenters. The Labute approximate surface area is 120 Å². The lowest BCUT2D eigenvalue weighted by atomic mass is 10.2. The highest BCUT2D eigenvalue weighted by Crippen LogP contribution is 2.19. The summed E-state index contributed by atoms with van der Waals surface area (Å²) in [5, 5.41) is 4.00. The molecule has 1 aromatic heterocycles. The van der Waals surface area contributed by atoms with E-state index in [2.05, 4.69) is 5.10 Å². The van der Waals surface area contributed by atoms with Crippen LogP contribution >= 0.6 is 0 Å². The summed E-state index contributed by atoms with van der Waals surface area (Å²) in [5.74, 6) is -0.279. The van der Waals surface area contributed by atoms with Crippen LogP contribution in [0.25, 0.3) is 0 Å². The normalized spacial score (nSPS) is 17.2. The van der Waals surface area contributed by atoms with Gasteiger partial charge in [0.05, 0.1) is 18.4 Å². The number of carbonyl (C=O) groups excluding carboxylic acids is 1. The van der Waals surface area contributed by atoms with E-state index in [4.69, 9.17) is 5.73 Å². The summed E-state index contributed by atoms with van der Waals surface area (Å²) in [6, 6.07) is 0. The molecule has 1 aliphatic rings. The van der Waals surface area contributed by atoms with E-state index in [0.29, 0.717) is 17.9 Å². The molecule has 1 saturated heterocycles. The molecule has 0 atom stereocenters. The third-order valence-electron chi connectivity index (χ3n) is 3.43. The number of alkyl halides is 3. The Morgan fingerprint density at radius 2 is 1.95 bits per heavy atom. The molecule has 118 valence electrons. The highest BCUT2D eigenvalue weighted by atomic mass is 19.4. The van der Waals surface area contributed by atoms with E-state index in [1.54, 1.807) is 0 Å². The summed E-state index contributed by atoms with van der Waals surface area (Å²) >= 11 is 0. The first kappa shape index (κ1) is 15.6. The zero-order valence-corrected chi connectivity index (χ0v) is 11.7. The molecule has 0 aromatic carbocycles. The maximum absolute atomic E-state index is 12.4. The van der Waals surface area contributed by atoms with Gasteiger partial charge in [-0.1, -0.05) is 0 Å². The van der Waals surface area contributed by atoms with Crippen molar-refractivity contribution in [1.29, 1.82) is 0 Å². The van der Waals surface area contributed by atoms with Crippen LogP contribution in [0.15, 0.2) is 6.20 Å². The quantitative estimate of drug-likeness (QED) is 0.897. The van der Waals surface area contributed by atoms with Gasteiger partial charge in [-0.15, -0.1) is 0 Å². The Balaban J connectivity index is 1.99. The van der Waals surface area contributed by atoms with E-state index in [1.165, 1.54) is 20.7 Å². The second-order valence-electron chi connectivity index (χ2n) is 4.95. The first-order valence-corrected chi connectivity index (χ1v) is 6.71. The molecule has 2 heterocycles. The van der Waals surface area contributed by atoms with Crippen LogP contribution in [0.5, 0.6) is 0 Å². The molecule has 9 heteroatoms. The van der Waals surface area contributed by atoms with Crippen LogP contribution in [0.1, 0.15) is 17.4 Å². The molecule has 21 heavy (non-hydrogen) atoms. The molecule has 1 aliphatic heterocycles. The van der Waals surface area contributed by atoms with Crippen molar-refractivity contribution in [2.45, 2.75) is 19.6 Å². The summed E-state index contributed by atoms with van der Waals surface area (Å²) in [5.41, 5.74) is 6.34. The van der Waals surface area contributed by atoms with Gasteiger partial charge >= 0.3 is 6.18 Å². The molecule has 0 radical (unpaired) electrons. The van der Waals surface area contributed by atoms with Gasteiger partial charge in [-0.05, 0) is 6.92 Å². The van der Waals surface area contributed by atoms with Crippen LogP contribution in [0.3, 0.4) is 0 Å². The number of nitrogens with two attached hydrogens (primary N) is 1. The number of nitrogens with zero attached hydrogens (tertiary/aromatic N) is 4. The monoisotopic (exact) mass is 305 g/mol. The first-order valence-electron chi connectivity index (χ1n) is 6.71. The maximum Gasteiger partial charge on any atom is 0.401 e. The van der Waals surface area contributed by atoms with Crippen LogP contribution in [-0.4, -0.2) is 64.4 Å². The van der Waals surface area contributed by atoms with Gasteiger partial charge in [0.1, 0.15) is 5.69 Å². The van der Waals surface area contributed by atoms with E-state index >= 15 is 0 Å². The summed E-state index contributed by atoms with van der Waals surface area (Å²) in [6.07, 6.45) is -2.80. The first-order chi connectivity index (χ1) is 9.81. The van der Waals surface area contributed by atoms with Crippen LogP contribution in [0.2, 0.25) is 0 Å². The molecule has 1 fully saturated rings. The van der Waals surface area contributed by atoms with E-state index in [9.17, 15) is 18.0 Å². The number of nitrogen functional groups attached to an aromatic ring is 1. The van der Waals surface area contributed by atoms with Crippen molar-refractivity contribution < 1.29 is 18.0 Å². The lowest BCUT2D eigenvalue weighted by Gasteiger charge is -2.35. The summed E-state index contributed by atoms with van der Waals surface area (Å²) in [6.45, 7) is 2.31. The average Bonchev–Trinajstić information content (AvgIpc) is 2.78. The smallest absolute Gasteiger partial charge is 0.396 e. The topological polar surface area (TPSA) is 67.4 Å². The molecule has 6 nitrogen and oxygen atoms in total. The predicted octanol–water partition coefficient (Wildman–Crippen LogP) is 0.805. The molecule has 1 amide bonds. The molecular formula is C12H18F3N5O. The van der Waals surface area contributed by atoms with E-state index in [-0.39, 0.29) is 32.1 Å². The number of aromatic nitrogens is 2. The van der Waals surface area contributed by atoms with E-state index in [1.807, 2.05) is 6.92 Å². The Kier molecular flexibility index (Phi) is 4.40. The molecule has 0 saturated carbocycles. The zero-order chi connectivity index (χ0) is 15.6. The summed E-state index contributed by atoms with van der Waals surface area (Å²) in [7, 11) is 0. The summed E-state index contributed by atoms with van der Waals surface area (Å²) < 4.78 is 38.5. The van der Waals surface area contributed by atoms with Crippen LogP contribution in [0, 0.1) is 0 Å². The van der Waals surface area contributed by atoms with Gasteiger partial charge < -0.3 is 10.6 Å². The number of carbonyl (C=O) groups is 1. The van der Waals surface area contributed by atoms with Gasteiger partial charge in [-0.3, -0.25) is 14.4 Å². The second-order valence-corrected chi connectivity index (χ2v) is 4.95. The van der Waals surface area contributed by atoms with Crippen molar-refractivity contribution in [3.63, 3.8) is 0 Å². The number of rotatable bonds is 3. The van der Waals surface area contributed by atoms with Crippen molar-refractivity contribution >= 4 is 11.6 Å². The van der Waals surface area contributed by atoms with Gasteiger partial charge in [-0.25, -0.2) is 0 Å². The average molecular weight is 305 g/mol. The maximum atomic E-state index is 12.4. The predicted molar refractivity (Wildman–Crippen MR) is 70.7 cm³/mol. The minimum Gasteiger partial charge on any atom is -0.396 e. The van der Waals surface area contributed by atoms with Crippen molar-refractivity contribution in [3.8, 4) is 0 Å². The zero-order valence-electron chi connectivity index (χ0n) is 11.7. The SMILES string of the molecule is CCn1ncc(N)c1C(=O)N1CCN(CC(F)(F)F)CC1. The number of halogens is 3. The molecule has 0 spiro atoms. The van der Waals surface area contributed by atoms with Gasteiger partial charge in [0.25, 0.3) is 5.91 Å². The van der Waals surface area contributed by atoms with Gasteiger partial charge in [0.15, 0.2) is 0 Å². The molecule has 0 bridgehead atoms. The largest absolute Gasteiger partial charge is 0.401 e. The minimum absolute atomic E-state index is 0.200. The lowest BCUT2D eigenvalue weighted by molar-refractivity contribution is -0.148. The standard InChI is InChI=1S/C12H18F3N5O/c1-2-20-10(9(16)7-17-20)11(21)19-5-3-18(4-6-19)8-12(13,14)15/h7H,2-6,8,16H2,1H3. The fourth-order valence-corrected chi connectivity index (χ4v) is 2.39. The fraction of sp³-hybridized carbons (Fsp3) is 0.667. The second kappa shape index (κ2) is 5.92. The van der Waals surface area contributed by atoms with Gasteiger partial charge in [0, 0.05) is 32.7 Å². The Hall–Kier alpha value is -1.77. The third kappa shape index (κ3) is 3.66. The van der Waals surface area contributed by atoms with Crippen LogP contribution in [0.4, 0.5) is 18.9 Å². The van der Waals surface area contributed by atoms with Crippen molar-refractivity contribution in [2.75, 3.05) is 38.5 Å². The molecule has 2 N–H and O–H groups in total. The fourth-order valence-electron chi connectivity index (χ4n) is 2.39. The number of aryl methyl sites for hydroxylation is 1. The number of amides is 1. The molecular weight excluding hydrogens is 287 g/mol. The molecule has 0 aliphatic carbocycles. The number of hydrogen-bond donors (Lipinski definition) is 1. The minimum atomic E-state index is -4.21. The molecule has 1 aromatic rings. The highest BCUT2D eigenvalue weighted by molar-refractivity contribution is 5.97. The number of hydrogen-bond acceptors (Lipinski definition) is 4. The van der Waals surface area contributed by atoms with Crippen LogP contribution in [-0.2, 0) is 6.54 Å². The van der Waals surface area contributed by atoms with Crippen molar-refractivity contribution in [3.05, 3.63) is 11.9 Å². The highest BCUT2D eigenvalue weighted by Gasteiger charge is 2.33. The lowest BCUT2D eigenvalue weighted by Crippen LogP contribution is -2.51.